The van der Waals surface area contributed by atoms with Crippen LogP contribution in [0, 0.1) is 0 Å². The maximum atomic E-state index is 5.25. The van der Waals surface area contributed by atoms with Gasteiger partial charge in [-0.2, -0.15) is 0 Å². The number of methoxy groups -OCH3 is 1. The van der Waals surface area contributed by atoms with E-state index in [9.17, 15) is 0 Å². The van der Waals surface area contributed by atoms with E-state index in [-0.39, 0.29) is 0 Å². The first-order valence-corrected chi connectivity index (χ1v) is 10.9. The van der Waals surface area contributed by atoms with Gasteiger partial charge in [0, 0.05) is 52.0 Å². The molecule has 1 saturated heterocycles. The summed E-state index contributed by atoms with van der Waals surface area (Å²) in [6.07, 6.45) is 2.11. The van der Waals surface area contributed by atoms with Gasteiger partial charge in [0.05, 0.1) is 7.11 Å². The molecule has 30 heavy (non-hydrogen) atoms. The molecule has 1 heterocycles. The number of ether oxygens (including phenoxy) is 1. The Morgan fingerprint density at radius 3 is 2.30 bits per heavy atom. The molecule has 0 bridgehead atoms. The minimum Gasteiger partial charge on any atom is -0.497 e. The Balaban J connectivity index is 1.28. The van der Waals surface area contributed by atoms with Crippen LogP contribution >= 0.6 is 0 Å². The second-order valence-electron chi connectivity index (χ2n) is 7.54. The van der Waals surface area contributed by atoms with Crippen LogP contribution in [-0.4, -0.2) is 70.8 Å². The molecule has 0 amide bonds. The van der Waals surface area contributed by atoms with Gasteiger partial charge in [0.25, 0.3) is 0 Å². The SMILES string of the molecule is CN=C(NCCCN1CCN(c2ccc(OC)cc2)CC1)NCCc1ccccc1. The van der Waals surface area contributed by atoms with Gasteiger partial charge in [-0.05, 0) is 49.2 Å². The summed E-state index contributed by atoms with van der Waals surface area (Å²) in [6.45, 7) is 7.29. The number of nitrogens with one attached hydrogen (secondary N) is 2. The third-order valence-corrected chi connectivity index (χ3v) is 5.53. The minimum absolute atomic E-state index is 0.884. The number of nitrogens with zero attached hydrogens (tertiary/aromatic N) is 3. The Hall–Kier alpha value is -2.73. The van der Waals surface area contributed by atoms with Gasteiger partial charge < -0.3 is 20.3 Å². The number of hydrogen-bond donors (Lipinski definition) is 2. The fourth-order valence-corrected chi connectivity index (χ4v) is 3.72. The number of anilines is 1. The Bertz CT molecular complexity index is 755. The van der Waals surface area contributed by atoms with Crippen LogP contribution in [0.5, 0.6) is 5.75 Å². The molecule has 3 rings (SSSR count). The molecule has 162 valence electrons. The van der Waals surface area contributed by atoms with E-state index >= 15 is 0 Å². The van der Waals surface area contributed by atoms with E-state index in [0.717, 1.165) is 70.4 Å². The van der Waals surface area contributed by atoms with Crippen molar-refractivity contribution in [3.63, 3.8) is 0 Å². The molecule has 1 aliphatic rings. The van der Waals surface area contributed by atoms with Crippen molar-refractivity contribution in [1.29, 1.82) is 0 Å². The molecule has 0 aliphatic carbocycles. The number of benzene rings is 2. The fraction of sp³-hybridized carbons (Fsp3) is 0.458. The van der Waals surface area contributed by atoms with Gasteiger partial charge in [-0.3, -0.25) is 9.89 Å². The lowest BCUT2D eigenvalue weighted by Crippen LogP contribution is -2.47. The molecule has 2 N–H and O–H groups in total. The van der Waals surface area contributed by atoms with E-state index in [2.05, 4.69) is 67.9 Å². The smallest absolute Gasteiger partial charge is 0.190 e. The summed E-state index contributed by atoms with van der Waals surface area (Å²) < 4.78 is 5.25. The zero-order valence-corrected chi connectivity index (χ0v) is 18.3. The summed E-state index contributed by atoms with van der Waals surface area (Å²) in [5.41, 5.74) is 2.62. The molecular weight excluding hydrogens is 374 g/mol. The summed E-state index contributed by atoms with van der Waals surface area (Å²) in [4.78, 5) is 9.32. The Labute approximate surface area is 180 Å². The van der Waals surface area contributed by atoms with Gasteiger partial charge in [-0.1, -0.05) is 30.3 Å². The van der Waals surface area contributed by atoms with Crippen molar-refractivity contribution in [1.82, 2.24) is 15.5 Å². The van der Waals surface area contributed by atoms with Crippen LogP contribution in [0.2, 0.25) is 0 Å². The molecule has 6 nitrogen and oxygen atoms in total. The fourth-order valence-electron chi connectivity index (χ4n) is 3.72. The van der Waals surface area contributed by atoms with Gasteiger partial charge in [0.15, 0.2) is 5.96 Å². The first kappa shape index (κ1) is 22.0. The van der Waals surface area contributed by atoms with Crippen molar-refractivity contribution in [2.75, 3.05) is 64.9 Å². The summed E-state index contributed by atoms with van der Waals surface area (Å²) in [6, 6.07) is 18.9. The van der Waals surface area contributed by atoms with Crippen molar-refractivity contribution in [3.05, 3.63) is 60.2 Å². The second-order valence-corrected chi connectivity index (χ2v) is 7.54. The van der Waals surface area contributed by atoms with Crippen molar-refractivity contribution in [2.45, 2.75) is 12.8 Å². The van der Waals surface area contributed by atoms with E-state index in [1.54, 1.807) is 7.11 Å². The number of rotatable bonds is 9. The standard InChI is InChI=1S/C24H35N5O/c1-25-24(27-15-13-21-7-4-3-5-8-21)26-14-6-16-28-17-19-29(20-18-28)22-9-11-23(30-2)12-10-22/h3-5,7-12H,6,13-20H2,1-2H3,(H2,25,26,27). The van der Waals surface area contributed by atoms with Gasteiger partial charge >= 0.3 is 0 Å². The molecular formula is C24H35N5O. The third-order valence-electron chi connectivity index (χ3n) is 5.53. The number of piperazine rings is 1. The van der Waals surface area contributed by atoms with Crippen LogP contribution < -0.4 is 20.3 Å². The lowest BCUT2D eigenvalue weighted by molar-refractivity contribution is 0.255. The zero-order chi connectivity index (χ0) is 21.0. The molecule has 0 saturated carbocycles. The molecule has 1 fully saturated rings. The number of guanidine groups is 1. The molecule has 0 radical (unpaired) electrons. The topological polar surface area (TPSA) is 52.1 Å². The maximum Gasteiger partial charge on any atom is 0.190 e. The highest BCUT2D eigenvalue weighted by molar-refractivity contribution is 5.79. The first-order valence-electron chi connectivity index (χ1n) is 10.9. The third kappa shape index (κ3) is 6.95. The van der Waals surface area contributed by atoms with Crippen LogP contribution in [0.4, 0.5) is 5.69 Å². The highest BCUT2D eigenvalue weighted by Crippen LogP contribution is 2.20. The van der Waals surface area contributed by atoms with Crippen LogP contribution in [0.15, 0.2) is 59.6 Å². The lowest BCUT2D eigenvalue weighted by atomic mass is 10.1. The van der Waals surface area contributed by atoms with Gasteiger partial charge in [-0.25, -0.2) is 0 Å². The van der Waals surface area contributed by atoms with E-state index in [0.29, 0.717) is 0 Å². The van der Waals surface area contributed by atoms with Gasteiger partial charge in [0.2, 0.25) is 0 Å². The summed E-state index contributed by atoms with van der Waals surface area (Å²) in [5.74, 6) is 1.80. The average Bonchev–Trinajstić information content (AvgIpc) is 2.82. The van der Waals surface area contributed by atoms with Crippen molar-refractivity contribution in [2.24, 2.45) is 4.99 Å². The van der Waals surface area contributed by atoms with Crippen LogP contribution in [0.1, 0.15) is 12.0 Å². The monoisotopic (exact) mass is 409 g/mol. The highest BCUT2D eigenvalue weighted by Gasteiger charge is 2.16. The van der Waals surface area contributed by atoms with E-state index in [1.807, 2.05) is 19.2 Å². The summed E-state index contributed by atoms with van der Waals surface area (Å²) >= 11 is 0. The van der Waals surface area contributed by atoms with Crippen molar-refractivity contribution >= 4 is 11.6 Å². The second kappa shape index (κ2) is 12.1. The molecule has 6 heteroatoms. The summed E-state index contributed by atoms with van der Waals surface area (Å²) in [7, 11) is 3.54. The van der Waals surface area contributed by atoms with E-state index in [4.69, 9.17) is 4.74 Å². The van der Waals surface area contributed by atoms with Crippen molar-refractivity contribution in [3.8, 4) is 5.75 Å². The molecule has 0 spiro atoms. The molecule has 0 aromatic heterocycles. The molecule has 2 aromatic carbocycles. The van der Waals surface area contributed by atoms with Gasteiger partial charge in [0.1, 0.15) is 5.75 Å². The van der Waals surface area contributed by atoms with Crippen LogP contribution in [0.25, 0.3) is 0 Å². The Kier molecular flexibility index (Phi) is 8.84. The molecule has 1 aliphatic heterocycles. The zero-order valence-electron chi connectivity index (χ0n) is 18.3. The predicted molar refractivity (Wildman–Crippen MR) is 126 cm³/mol. The van der Waals surface area contributed by atoms with Gasteiger partial charge in [-0.15, -0.1) is 0 Å². The molecule has 2 aromatic rings. The first-order chi connectivity index (χ1) is 14.8. The quantitative estimate of drug-likeness (QED) is 0.379. The molecule has 0 atom stereocenters. The molecule has 0 unspecified atom stereocenters. The van der Waals surface area contributed by atoms with Crippen LogP contribution in [-0.2, 0) is 6.42 Å². The van der Waals surface area contributed by atoms with Crippen molar-refractivity contribution < 1.29 is 4.74 Å². The lowest BCUT2D eigenvalue weighted by Gasteiger charge is -2.36. The maximum absolute atomic E-state index is 5.25. The largest absolute Gasteiger partial charge is 0.497 e. The Morgan fingerprint density at radius 2 is 1.63 bits per heavy atom. The minimum atomic E-state index is 0.884. The highest BCUT2D eigenvalue weighted by atomic mass is 16.5. The van der Waals surface area contributed by atoms with Crippen LogP contribution in [0.3, 0.4) is 0 Å². The van der Waals surface area contributed by atoms with E-state index < -0.39 is 0 Å². The Morgan fingerprint density at radius 1 is 0.933 bits per heavy atom. The van der Waals surface area contributed by atoms with E-state index in [1.165, 1.54) is 11.3 Å². The summed E-state index contributed by atoms with van der Waals surface area (Å²) in [5, 5.41) is 6.83. The predicted octanol–water partition coefficient (Wildman–Crippen LogP) is 2.62. The normalized spacial score (nSPS) is 15.1. The average molecular weight is 410 g/mol. The number of aliphatic imine (C=N–C) groups is 1. The number of hydrogen-bond acceptors (Lipinski definition) is 4.